The molecule has 0 radical (unpaired) electrons. The summed E-state index contributed by atoms with van der Waals surface area (Å²) in [6, 6.07) is 0. The molecule has 0 aromatic rings. The molecule has 0 aromatic carbocycles. The Morgan fingerprint density at radius 1 is 0.358 bits per heavy atom. The molecule has 0 aliphatic carbocycles. The quantitative estimate of drug-likeness (QED) is 0.152. The summed E-state index contributed by atoms with van der Waals surface area (Å²) in [5, 5.41) is 0. The van der Waals surface area contributed by atoms with Crippen molar-refractivity contribution in [3.05, 3.63) is 0 Å². The van der Waals surface area contributed by atoms with Crippen LogP contribution in [0.5, 0.6) is 0 Å². The maximum absolute atomic E-state index is 12.1. The van der Waals surface area contributed by atoms with Gasteiger partial charge in [0.05, 0.1) is 22.7 Å². The molecular weight excluding hydrogens is 1140 g/mol. The Balaban J connectivity index is -0.000000126. The van der Waals surface area contributed by atoms with Gasteiger partial charge in [0.25, 0.3) is 0 Å². The lowest BCUT2D eigenvalue weighted by Gasteiger charge is -2.34. The predicted molar refractivity (Wildman–Crippen MR) is 282 cm³/mol. The van der Waals surface area contributed by atoms with Crippen molar-refractivity contribution in [1.82, 2.24) is 0 Å². The van der Waals surface area contributed by atoms with Crippen LogP contribution in [-0.2, 0) is 0 Å². The normalized spacial score (nSPS) is 15.0. The molecule has 0 heterocycles. The van der Waals surface area contributed by atoms with Gasteiger partial charge in [-0.05, 0) is 58.7 Å². The zero-order chi connectivity index (χ0) is 68.2. The molecule has 0 rings (SSSR count). The molecule has 502 valence electrons. The molecule has 0 amide bonds. The van der Waals surface area contributed by atoms with Crippen LogP contribution in [0.3, 0.4) is 0 Å². The third-order valence-electron chi connectivity index (χ3n) is 14.9. The third-order valence-corrected chi connectivity index (χ3v) is 14.9. The van der Waals surface area contributed by atoms with Crippen LogP contribution in [0.1, 0.15) is 244 Å². The highest BCUT2D eigenvalue weighted by Crippen LogP contribution is 2.45. The van der Waals surface area contributed by atoms with Gasteiger partial charge in [-0.2, -0.15) is 105 Å². The third kappa shape index (κ3) is 52.4. The van der Waals surface area contributed by atoms with Crippen LogP contribution < -0.4 is 0 Å². The lowest BCUT2D eigenvalue weighted by atomic mass is 9.71. The maximum Gasteiger partial charge on any atom is 0.400 e. The van der Waals surface area contributed by atoms with Gasteiger partial charge in [-0.25, -0.2) is 0 Å². The van der Waals surface area contributed by atoms with Crippen molar-refractivity contribution in [1.29, 1.82) is 0 Å². The van der Waals surface area contributed by atoms with E-state index < -0.39 is 109 Å². The van der Waals surface area contributed by atoms with E-state index in [0.717, 1.165) is 0 Å². The van der Waals surface area contributed by atoms with E-state index in [-0.39, 0.29) is 30.1 Å². The first-order valence-electron chi connectivity index (χ1n) is 27.4. The summed E-state index contributed by atoms with van der Waals surface area (Å²) in [6.45, 7) is 43.9. The highest BCUT2D eigenvalue weighted by Gasteiger charge is 2.56. The van der Waals surface area contributed by atoms with E-state index in [4.69, 9.17) is 0 Å². The Bertz CT molecular complexity index is 1420. The van der Waals surface area contributed by atoms with Crippen LogP contribution in [0, 0.1) is 74.4 Å². The van der Waals surface area contributed by atoms with Gasteiger partial charge < -0.3 is 0 Å². The molecule has 0 bridgehead atoms. The minimum Gasteiger partial charge on any atom is -0.171 e. The van der Waals surface area contributed by atoms with Crippen molar-refractivity contribution in [3.8, 4) is 0 Å². The van der Waals surface area contributed by atoms with Gasteiger partial charge in [0.2, 0.25) is 0 Å². The van der Waals surface area contributed by atoms with Crippen molar-refractivity contribution in [3.63, 3.8) is 0 Å². The number of rotatable bonds is 14. The van der Waals surface area contributed by atoms with Crippen molar-refractivity contribution < 1.29 is 105 Å². The van der Waals surface area contributed by atoms with Crippen LogP contribution in [0.15, 0.2) is 0 Å². The van der Waals surface area contributed by atoms with E-state index >= 15 is 0 Å². The molecule has 0 nitrogen and oxygen atoms in total. The highest BCUT2D eigenvalue weighted by molar-refractivity contribution is 4.81. The standard InChI is InChI=1S/C8H18.C7H10F6.6C7H13F3/c1-7(2,3)8(4,5)6;1-4(2)3-5(6(8,9)10)7(11,12)13;1-5(2)6(3,4)7(8,9)10;1-4-6(2,3)5-7(8,9)10;1-4-5-6(2,3)7(8,9)10;2*1-4-5(2)6(3)7(8,9)10;1-3-6(4-2)5-7(8,9)10/h1-6H3;4-5H,3H2,1-2H3;5H,1-4H3;2*4-5H2,1-3H3;2*5-6H,4H2,1-3H3;6H,3-5H2,1-2H3/t;;;;;5?,6-;5-,6?;/m.....10./s1. The summed E-state index contributed by atoms with van der Waals surface area (Å²) in [7, 11) is 0. The molecule has 0 saturated carbocycles. The predicted octanol–water partition coefficient (Wildman–Crippen LogP) is 26.7. The summed E-state index contributed by atoms with van der Waals surface area (Å²) in [5.74, 6) is -7.24. The van der Waals surface area contributed by atoms with Crippen molar-refractivity contribution >= 4 is 0 Å². The van der Waals surface area contributed by atoms with Crippen LogP contribution in [0.4, 0.5) is 105 Å². The van der Waals surface area contributed by atoms with Gasteiger partial charge in [-0.15, -0.1) is 0 Å². The van der Waals surface area contributed by atoms with Crippen LogP contribution in [0.25, 0.3) is 0 Å². The second-order valence-electron chi connectivity index (χ2n) is 25.5. The number of alkyl halides is 24. The van der Waals surface area contributed by atoms with Crippen molar-refractivity contribution in [2.75, 3.05) is 0 Å². The summed E-state index contributed by atoms with van der Waals surface area (Å²) < 4.78 is 285. The van der Waals surface area contributed by atoms with Gasteiger partial charge in [0.1, 0.15) is 0 Å². The number of hydrogen-bond donors (Lipinski definition) is 0. The zero-order valence-corrected chi connectivity index (χ0v) is 53.3. The summed E-state index contributed by atoms with van der Waals surface area (Å²) in [4.78, 5) is 0. The molecule has 0 aliphatic rings. The Morgan fingerprint density at radius 2 is 0.654 bits per heavy atom. The van der Waals surface area contributed by atoms with E-state index in [1.807, 2.05) is 0 Å². The fourth-order valence-corrected chi connectivity index (χ4v) is 4.94. The molecule has 81 heavy (non-hydrogen) atoms. The molecule has 0 spiro atoms. The summed E-state index contributed by atoms with van der Waals surface area (Å²) in [5.41, 5.74) is -2.80. The van der Waals surface area contributed by atoms with Gasteiger partial charge >= 0.3 is 49.4 Å². The lowest BCUT2D eigenvalue weighted by Crippen LogP contribution is -2.37. The minimum absolute atomic E-state index is 0.181. The van der Waals surface area contributed by atoms with Crippen LogP contribution in [-0.4, -0.2) is 49.4 Å². The molecule has 0 saturated heterocycles. The fourth-order valence-electron chi connectivity index (χ4n) is 4.94. The monoisotopic (exact) mass is 1250 g/mol. The Labute approximate surface area is 472 Å². The van der Waals surface area contributed by atoms with Crippen molar-refractivity contribution in [2.24, 2.45) is 74.4 Å². The summed E-state index contributed by atoms with van der Waals surface area (Å²) >= 11 is 0. The molecule has 0 fully saturated rings. The first-order chi connectivity index (χ1) is 34.8. The maximum atomic E-state index is 12.1. The van der Waals surface area contributed by atoms with Gasteiger partial charge in [0.15, 0.2) is 5.92 Å². The van der Waals surface area contributed by atoms with Crippen molar-refractivity contribution in [2.45, 2.75) is 294 Å². The number of hydrogen-bond acceptors (Lipinski definition) is 0. The van der Waals surface area contributed by atoms with E-state index in [0.29, 0.717) is 49.4 Å². The Hall–Kier alpha value is -1.68. The first kappa shape index (κ1) is 95.7. The zero-order valence-electron chi connectivity index (χ0n) is 53.3. The average molecular weight is 1250 g/mol. The average Bonchev–Trinajstić information content (AvgIpc) is 3.21. The Morgan fingerprint density at radius 3 is 0.716 bits per heavy atom. The number of halogens is 24. The largest absolute Gasteiger partial charge is 0.400 e. The van der Waals surface area contributed by atoms with E-state index in [2.05, 4.69) is 41.5 Å². The van der Waals surface area contributed by atoms with E-state index in [1.54, 1.807) is 83.1 Å². The first-order valence-corrected chi connectivity index (χ1v) is 27.4. The van der Waals surface area contributed by atoms with Crippen LogP contribution >= 0.6 is 0 Å². The molecule has 0 aromatic heterocycles. The van der Waals surface area contributed by atoms with E-state index in [9.17, 15) is 105 Å². The molecule has 2 unspecified atom stereocenters. The molecule has 0 aliphatic heterocycles. The fraction of sp³-hybridized carbons (Fsp3) is 1.00. The van der Waals surface area contributed by atoms with Gasteiger partial charge in [-0.3, -0.25) is 0 Å². The highest BCUT2D eigenvalue weighted by atomic mass is 19.4. The molecule has 4 atom stereocenters. The smallest absolute Gasteiger partial charge is 0.171 e. The minimum atomic E-state index is -5.19. The second kappa shape index (κ2) is 38.5. The van der Waals surface area contributed by atoms with Crippen LogP contribution in [0.2, 0.25) is 0 Å². The molecule has 24 heteroatoms. The van der Waals surface area contributed by atoms with Gasteiger partial charge in [-0.1, -0.05) is 219 Å². The van der Waals surface area contributed by atoms with E-state index in [1.165, 1.54) is 55.4 Å². The SMILES string of the molecule is CC(C)(C)C(C)(C)C.CC(C)C(C)(C)C(F)(F)F.CC(C)CC(C(F)(F)F)C(F)(F)F.CCC(C)(C)CC(F)(F)F.CCC(C)[C@@H](C)C(F)(F)F.CCC(CC)CC(F)(F)F.CCCC(C)(C)C(F)(F)F.CC[C@H](C)C(C)C(F)(F)F. The molecule has 0 N–H and O–H groups in total. The topological polar surface area (TPSA) is 0 Å². The summed E-state index contributed by atoms with van der Waals surface area (Å²) in [6.07, 6.45) is -33.0. The second-order valence-corrected chi connectivity index (χ2v) is 25.5. The lowest BCUT2D eigenvalue weighted by molar-refractivity contribution is -0.287. The Kier molecular flexibility index (Phi) is 45.4. The molecular formula is C57H106F24. The van der Waals surface area contributed by atoms with Gasteiger partial charge in [0, 0.05) is 12.8 Å².